The topological polar surface area (TPSA) is 62.4 Å². The number of aliphatic hydroxyl groups is 1. The fourth-order valence-corrected chi connectivity index (χ4v) is 2.65. The Morgan fingerprint density at radius 3 is 2.88 bits per heavy atom. The summed E-state index contributed by atoms with van der Waals surface area (Å²) in [5.74, 6) is 0. The lowest BCUT2D eigenvalue weighted by atomic mass is 10.2. The van der Waals surface area contributed by atoms with Crippen molar-refractivity contribution in [3.8, 4) is 0 Å². The van der Waals surface area contributed by atoms with Gasteiger partial charge >= 0.3 is 0 Å². The van der Waals surface area contributed by atoms with E-state index in [4.69, 9.17) is 10.8 Å². The Balaban J connectivity index is 2.48. The number of benzene rings is 1. The first kappa shape index (κ1) is 12.1. The molecule has 1 heterocycles. The number of thiazole rings is 1. The SMILES string of the molecule is CC(C)N(CCO)c1ccc2scnc2c1N. The normalized spacial score (nSPS) is 11.3. The Hall–Kier alpha value is -1.33. The summed E-state index contributed by atoms with van der Waals surface area (Å²) in [6, 6.07) is 4.33. The number of aliphatic hydroxyl groups excluding tert-OH is 1. The third-order valence-corrected chi connectivity index (χ3v) is 3.59. The maximum Gasteiger partial charge on any atom is 0.106 e. The van der Waals surface area contributed by atoms with Crippen molar-refractivity contribution in [1.29, 1.82) is 0 Å². The Kier molecular flexibility index (Phi) is 3.49. The van der Waals surface area contributed by atoms with Crippen LogP contribution in [0.4, 0.5) is 11.4 Å². The monoisotopic (exact) mass is 251 g/mol. The Morgan fingerprint density at radius 1 is 1.47 bits per heavy atom. The summed E-state index contributed by atoms with van der Waals surface area (Å²) in [6.07, 6.45) is 0. The summed E-state index contributed by atoms with van der Waals surface area (Å²) in [4.78, 5) is 6.38. The minimum atomic E-state index is 0.118. The molecule has 2 rings (SSSR count). The van der Waals surface area contributed by atoms with Gasteiger partial charge in [0.25, 0.3) is 0 Å². The van der Waals surface area contributed by atoms with Gasteiger partial charge in [-0.2, -0.15) is 0 Å². The van der Waals surface area contributed by atoms with Crippen molar-refractivity contribution in [2.75, 3.05) is 23.8 Å². The second-order valence-corrected chi connectivity index (χ2v) is 5.09. The number of rotatable bonds is 4. The van der Waals surface area contributed by atoms with Crippen molar-refractivity contribution in [2.24, 2.45) is 0 Å². The van der Waals surface area contributed by atoms with Crippen molar-refractivity contribution < 1.29 is 5.11 Å². The van der Waals surface area contributed by atoms with Gasteiger partial charge in [0.05, 0.1) is 28.2 Å². The zero-order chi connectivity index (χ0) is 12.4. The van der Waals surface area contributed by atoms with Gasteiger partial charge in [0.15, 0.2) is 0 Å². The first-order valence-corrected chi connectivity index (χ1v) is 6.52. The van der Waals surface area contributed by atoms with Crippen LogP contribution in [0.15, 0.2) is 17.6 Å². The fourth-order valence-electron chi connectivity index (χ4n) is 1.96. The molecule has 0 aliphatic rings. The zero-order valence-electron chi connectivity index (χ0n) is 10.1. The van der Waals surface area contributed by atoms with Crippen LogP contribution in [0.2, 0.25) is 0 Å². The van der Waals surface area contributed by atoms with Crippen molar-refractivity contribution in [3.63, 3.8) is 0 Å². The highest BCUT2D eigenvalue weighted by molar-refractivity contribution is 7.16. The molecule has 0 saturated carbocycles. The van der Waals surface area contributed by atoms with Crippen LogP contribution >= 0.6 is 11.3 Å². The number of aromatic nitrogens is 1. The van der Waals surface area contributed by atoms with E-state index in [1.54, 1.807) is 16.8 Å². The predicted molar refractivity (Wildman–Crippen MR) is 73.6 cm³/mol. The second-order valence-electron chi connectivity index (χ2n) is 4.21. The molecule has 0 fully saturated rings. The van der Waals surface area contributed by atoms with E-state index in [0.29, 0.717) is 18.3 Å². The Bertz CT molecular complexity index is 509. The highest BCUT2D eigenvalue weighted by Crippen LogP contribution is 2.33. The van der Waals surface area contributed by atoms with Crippen molar-refractivity contribution in [2.45, 2.75) is 19.9 Å². The van der Waals surface area contributed by atoms with E-state index < -0.39 is 0 Å². The number of nitrogen functional groups attached to an aromatic ring is 1. The highest BCUT2D eigenvalue weighted by atomic mass is 32.1. The molecule has 0 spiro atoms. The van der Waals surface area contributed by atoms with Crippen LogP contribution in [-0.2, 0) is 0 Å². The summed E-state index contributed by atoms with van der Waals surface area (Å²) in [7, 11) is 0. The second kappa shape index (κ2) is 4.89. The van der Waals surface area contributed by atoms with Crippen LogP contribution in [0.1, 0.15) is 13.8 Å². The van der Waals surface area contributed by atoms with Gasteiger partial charge in [0.2, 0.25) is 0 Å². The van der Waals surface area contributed by atoms with Crippen molar-refractivity contribution >= 4 is 32.9 Å². The first-order chi connectivity index (χ1) is 8.15. The zero-order valence-corrected chi connectivity index (χ0v) is 10.9. The average Bonchev–Trinajstić information content (AvgIpc) is 2.76. The quantitative estimate of drug-likeness (QED) is 0.817. The molecule has 1 aromatic carbocycles. The first-order valence-electron chi connectivity index (χ1n) is 5.64. The van der Waals surface area contributed by atoms with Gasteiger partial charge in [0.1, 0.15) is 5.52 Å². The number of hydrogen-bond acceptors (Lipinski definition) is 5. The standard InChI is InChI=1S/C12H17N3OS/c1-8(2)15(5-6-16)9-3-4-10-12(11(9)13)14-7-17-10/h3-4,7-8,16H,5-6,13H2,1-2H3. The van der Waals surface area contributed by atoms with Gasteiger partial charge < -0.3 is 15.7 Å². The predicted octanol–water partition coefficient (Wildman–Crippen LogP) is 2.09. The molecule has 5 heteroatoms. The molecular formula is C12H17N3OS. The number of nitrogens with two attached hydrogens (primary N) is 1. The number of anilines is 2. The van der Waals surface area contributed by atoms with Crippen LogP contribution in [0.5, 0.6) is 0 Å². The van der Waals surface area contributed by atoms with Crippen molar-refractivity contribution in [1.82, 2.24) is 4.98 Å². The third-order valence-electron chi connectivity index (χ3n) is 2.79. The largest absolute Gasteiger partial charge is 0.395 e. The molecule has 0 unspecified atom stereocenters. The molecule has 17 heavy (non-hydrogen) atoms. The lowest BCUT2D eigenvalue weighted by Gasteiger charge is -2.29. The summed E-state index contributed by atoms with van der Waals surface area (Å²) in [5.41, 5.74) is 10.5. The van der Waals surface area contributed by atoms with Gasteiger partial charge in [-0.1, -0.05) is 0 Å². The Morgan fingerprint density at radius 2 is 2.24 bits per heavy atom. The highest BCUT2D eigenvalue weighted by Gasteiger charge is 2.15. The van der Waals surface area contributed by atoms with E-state index >= 15 is 0 Å². The van der Waals surface area contributed by atoms with Crippen molar-refractivity contribution in [3.05, 3.63) is 17.6 Å². The van der Waals surface area contributed by atoms with E-state index in [2.05, 4.69) is 23.7 Å². The summed E-state index contributed by atoms with van der Waals surface area (Å²) >= 11 is 1.58. The molecule has 4 nitrogen and oxygen atoms in total. The molecule has 0 saturated heterocycles. The maximum absolute atomic E-state index is 9.11. The molecule has 92 valence electrons. The maximum atomic E-state index is 9.11. The molecule has 0 aliphatic heterocycles. The number of nitrogens with zero attached hydrogens (tertiary/aromatic N) is 2. The van der Waals surface area contributed by atoms with Gasteiger partial charge in [0, 0.05) is 12.6 Å². The van der Waals surface area contributed by atoms with E-state index in [1.165, 1.54) is 0 Å². The molecule has 2 aromatic rings. The van der Waals surface area contributed by atoms with Gasteiger partial charge in [-0.15, -0.1) is 11.3 Å². The summed E-state index contributed by atoms with van der Waals surface area (Å²) < 4.78 is 1.10. The van der Waals surface area contributed by atoms with Gasteiger partial charge in [-0.05, 0) is 26.0 Å². The smallest absolute Gasteiger partial charge is 0.106 e. The molecule has 0 aliphatic carbocycles. The van der Waals surface area contributed by atoms with Crippen LogP contribution in [0.25, 0.3) is 10.2 Å². The molecule has 1 aromatic heterocycles. The molecular weight excluding hydrogens is 234 g/mol. The lowest BCUT2D eigenvalue weighted by Crippen LogP contribution is -2.34. The lowest BCUT2D eigenvalue weighted by molar-refractivity contribution is 0.299. The van der Waals surface area contributed by atoms with Crippen LogP contribution in [-0.4, -0.2) is 29.3 Å². The van der Waals surface area contributed by atoms with Crippen LogP contribution in [0, 0.1) is 0 Å². The summed E-state index contributed by atoms with van der Waals surface area (Å²) in [6.45, 7) is 4.87. The molecule has 0 atom stereocenters. The fraction of sp³-hybridized carbons (Fsp3) is 0.417. The van der Waals surface area contributed by atoms with Gasteiger partial charge in [-0.25, -0.2) is 4.98 Å². The molecule has 0 amide bonds. The Labute approximate surface area is 105 Å². The average molecular weight is 251 g/mol. The van der Waals surface area contributed by atoms with E-state index in [0.717, 1.165) is 15.9 Å². The van der Waals surface area contributed by atoms with E-state index in [1.807, 2.05) is 12.1 Å². The third kappa shape index (κ3) is 2.21. The van der Waals surface area contributed by atoms with Crippen LogP contribution in [0.3, 0.4) is 0 Å². The molecule has 0 bridgehead atoms. The molecule has 3 N–H and O–H groups in total. The minimum Gasteiger partial charge on any atom is -0.395 e. The number of fused-ring (bicyclic) bond motifs is 1. The van der Waals surface area contributed by atoms with Crippen LogP contribution < -0.4 is 10.6 Å². The van der Waals surface area contributed by atoms with E-state index in [9.17, 15) is 0 Å². The van der Waals surface area contributed by atoms with E-state index in [-0.39, 0.29) is 6.61 Å². The summed E-state index contributed by atoms with van der Waals surface area (Å²) in [5, 5.41) is 9.11. The molecule has 0 radical (unpaired) electrons. The van der Waals surface area contributed by atoms with Gasteiger partial charge in [-0.3, -0.25) is 0 Å². The minimum absolute atomic E-state index is 0.118. The number of hydrogen-bond donors (Lipinski definition) is 2.